The molecule has 212 valence electrons. The second-order valence-corrected chi connectivity index (χ2v) is 9.35. The number of benzene rings is 2. The molecular weight excluding hydrogens is 530 g/mol. The van der Waals surface area contributed by atoms with Crippen LogP contribution in [0.2, 0.25) is 0 Å². The molecule has 2 heterocycles. The van der Waals surface area contributed by atoms with E-state index in [1.807, 2.05) is 0 Å². The molecule has 0 saturated carbocycles. The highest BCUT2D eigenvalue weighted by atomic mass is 19.4. The molecule has 0 radical (unpaired) electrons. The summed E-state index contributed by atoms with van der Waals surface area (Å²) in [7, 11) is 0. The number of nitrogens with two attached hydrogens (primary N) is 1. The third-order valence-corrected chi connectivity index (χ3v) is 6.66. The Labute approximate surface area is 228 Å². The van der Waals surface area contributed by atoms with Crippen molar-refractivity contribution in [3.05, 3.63) is 77.2 Å². The van der Waals surface area contributed by atoms with Crippen LogP contribution in [0.4, 0.5) is 23.4 Å². The Morgan fingerprint density at radius 2 is 1.75 bits per heavy atom. The van der Waals surface area contributed by atoms with Gasteiger partial charge in [0.1, 0.15) is 12.4 Å². The summed E-state index contributed by atoms with van der Waals surface area (Å²) in [6.07, 6.45) is -3.40. The summed E-state index contributed by atoms with van der Waals surface area (Å²) in [5, 5.41) is 2.89. The van der Waals surface area contributed by atoms with Crippen molar-refractivity contribution >= 4 is 17.6 Å². The summed E-state index contributed by atoms with van der Waals surface area (Å²) in [6, 6.07) is 11.3. The molecule has 1 aromatic heterocycles. The minimum Gasteiger partial charge on any atom is -0.485 e. The van der Waals surface area contributed by atoms with Crippen molar-refractivity contribution in [3.8, 4) is 16.9 Å². The molecule has 0 spiro atoms. The number of amides is 2. The molecule has 2 aromatic carbocycles. The number of ether oxygens (including phenoxy) is 1. The van der Waals surface area contributed by atoms with Crippen molar-refractivity contribution in [2.45, 2.75) is 19.7 Å². The molecule has 0 bridgehead atoms. The van der Waals surface area contributed by atoms with Crippen LogP contribution in [0.1, 0.15) is 28.4 Å². The Kier molecular flexibility index (Phi) is 8.88. The van der Waals surface area contributed by atoms with Crippen LogP contribution in [0, 0.1) is 5.82 Å². The standard InChI is InChI=1S/C28H29F4N5O3/c1-18(38)37-13-11-36(12-14-37)10-9-34-27(39)20-7-5-19(6-8-20)22-15-24(26(33)35-16-22)40-17-21-3-2-4-23(29)25(21)28(30,31)32/h2-8,15-16H,9-14,17H2,1H3,(H2,33,35)(H,34,39). The number of carbonyl (C=O) groups excluding carboxylic acids is 2. The smallest absolute Gasteiger partial charge is 0.419 e. The first kappa shape index (κ1) is 28.8. The van der Waals surface area contributed by atoms with E-state index in [0.29, 0.717) is 42.9 Å². The molecule has 0 aliphatic carbocycles. The third kappa shape index (κ3) is 7.06. The molecule has 12 heteroatoms. The average Bonchev–Trinajstić information content (AvgIpc) is 2.92. The van der Waals surface area contributed by atoms with Gasteiger partial charge in [-0.1, -0.05) is 24.3 Å². The fourth-order valence-electron chi connectivity index (χ4n) is 4.42. The number of nitrogens with zero attached hydrogens (tertiary/aromatic N) is 3. The number of carbonyl (C=O) groups is 2. The number of aromatic nitrogens is 1. The van der Waals surface area contributed by atoms with E-state index in [1.54, 1.807) is 36.1 Å². The number of pyridine rings is 1. The van der Waals surface area contributed by atoms with Crippen LogP contribution in [0.5, 0.6) is 5.75 Å². The van der Waals surface area contributed by atoms with Crippen LogP contribution in [-0.4, -0.2) is 65.9 Å². The summed E-state index contributed by atoms with van der Waals surface area (Å²) in [6.45, 7) is 5.01. The largest absolute Gasteiger partial charge is 0.485 e. The van der Waals surface area contributed by atoms with Gasteiger partial charge in [0.25, 0.3) is 5.91 Å². The Bertz CT molecular complexity index is 1360. The first-order valence-electron chi connectivity index (χ1n) is 12.6. The molecule has 1 aliphatic rings. The predicted molar refractivity (Wildman–Crippen MR) is 141 cm³/mol. The lowest BCUT2D eigenvalue weighted by atomic mass is 10.0. The number of hydrogen-bond donors (Lipinski definition) is 2. The van der Waals surface area contributed by atoms with Crippen LogP contribution < -0.4 is 15.8 Å². The number of piperazine rings is 1. The Balaban J connectivity index is 1.35. The fraction of sp³-hybridized carbons (Fsp3) is 0.321. The SMILES string of the molecule is CC(=O)N1CCN(CCNC(=O)c2ccc(-c3cnc(N)c(OCc4cccc(F)c4C(F)(F)F)c3)cc2)CC1. The molecule has 1 aliphatic heterocycles. The summed E-state index contributed by atoms with van der Waals surface area (Å²) in [5.41, 5.74) is 5.81. The van der Waals surface area contributed by atoms with Crippen LogP contribution in [0.15, 0.2) is 54.7 Å². The van der Waals surface area contributed by atoms with Gasteiger partial charge in [-0.3, -0.25) is 14.5 Å². The molecule has 0 unspecified atom stereocenters. The second kappa shape index (κ2) is 12.3. The van der Waals surface area contributed by atoms with Crippen molar-refractivity contribution < 1.29 is 31.9 Å². The minimum atomic E-state index is -4.88. The van der Waals surface area contributed by atoms with Gasteiger partial charge >= 0.3 is 6.18 Å². The Morgan fingerprint density at radius 1 is 1.05 bits per heavy atom. The van der Waals surface area contributed by atoms with Gasteiger partial charge in [-0.2, -0.15) is 13.2 Å². The quantitative estimate of drug-likeness (QED) is 0.406. The second-order valence-electron chi connectivity index (χ2n) is 9.35. The molecule has 8 nitrogen and oxygen atoms in total. The van der Waals surface area contributed by atoms with Crippen molar-refractivity contribution in [2.24, 2.45) is 0 Å². The fourth-order valence-corrected chi connectivity index (χ4v) is 4.42. The maximum absolute atomic E-state index is 13.9. The summed E-state index contributed by atoms with van der Waals surface area (Å²) >= 11 is 0. The van der Waals surface area contributed by atoms with Gasteiger partial charge in [0.15, 0.2) is 11.6 Å². The number of alkyl halides is 3. The van der Waals surface area contributed by atoms with Crippen LogP contribution >= 0.6 is 0 Å². The van der Waals surface area contributed by atoms with Crippen LogP contribution in [-0.2, 0) is 17.6 Å². The number of anilines is 1. The van der Waals surface area contributed by atoms with E-state index in [2.05, 4.69) is 15.2 Å². The lowest BCUT2D eigenvalue weighted by molar-refractivity contribution is -0.141. The lowest BCUT2D eigenvalue weighted by Crippen LogP contribution is -2.49. The van der Waals surface area contributed by atoms with E-state index < -0.39 is 24.2 Å². The highest BCUT2D eigenvalue weighted by Crippen LogP contribution is 2.35. The summed E-state index contributed by atoms with van der Waals surface area (Å²) < 4.78 is 59.3. The molecule has 1 fully saturated rings. The van der Waals surface area contributed by atoms with Gasteiger partial charge in [0.05, 0.1) is 5.56 Å². The molecule has 0 atom stereocenters. The van der Waals surface area contributed by atoms with Gasteiger partial charge in [-0.25, -0.2) is 9.37 Å². The molecule has 3 N–H and O–H groups in total. The van der Waals surface area contributed by atoms with Gasteiger partial charge in [0.2, 0.25) is 5.91 Å². The highest BCUT2D eigenvalue weighted by Gasteiger charge is 2.36. The van der Waals surface area contributed by atoms with E-state index in [-0.39, 0.29) is 28.9 Å². The van der Waals surface area contributed by atoms with E-state index in [9.17, 15) is 27.2 Å². The molecule has 4 rings (SSSR count). The van der Waals surface area contributed by atoms with Gasteiger partial charge in [0, 0.05) is 69.1 Å². The zero-order valence-corrected chi connectivity index (χ0v) is 21.8. The maximum atomic E-state index is 13.9. The van der Waals surface area contributed by atoms with Crippen LogP contribution in [0.3, 0.4) is 0 Å². The number of rotatable bonds is 8. The summed E-state index contributed by atoms with van der Waals surface area (Å²) in [4.78, 5) is 32.1. The van der Waals surface area contributed by atoms with E-state index >= 15 is 0 Å². The summed E-state index contributed by atoms with van der Waals surface area (Å²) in [5.74, 6) is -1.54. The number of nitrogen functional groups attached to an aromatic ring is 1. The maximum Gasteiger partial charge on any atom is 0.419 e. The van der Waals surface area contributed by atoms with Crippen LogP contribution in [0.25, 0.3) is 11.1 Å². The number of nitrogens with one attached hydrogen (secondary N) is 1. The lowest BCUT2D eigenvalue weighted by Gasteiger charge is -2.34. The predicted octanol–water partition coefficient (Wildman–Crippen LogP) is 3.96. The molecular formula is C28H29F4N5O3. The first-order valence-corrected chi connectivity index (χ1v) is 12.6. The third-order valence-electron chi connectivity index (χ3n) is 6.66. The topological polar surface area (TPSA) is 101 Å². The normalized spacial score (nSPS) is 14.2. The minimum absolute atomic E-state index is 0.0348. The molecule has 3 aromatic rings. The number of halogens is 4. The first-order chi connectivity index (χ1) is 19.0. The van der Waals surface area contributed by atoms with Gasteiger partial charge < -0.3 is 20.7 Å². The van der Waals surface area contributed by atoms with Crippen molar-refractivity contribution in [2.75, 3.05) is 45.0 Å². The van der Waals surface area contributed by atoms with E-state index in [1.165, 1.54) is 18.3 Å². The Morgan fingerprint density at radius 3 is 2.40 bits per heavy atom. The van der Waals surface area contributed by atoms with E-state index in [0.717, 1.165) is 25.2 Å². The van der Waals surface area contributed by atoms with Crippen molar-refractivity contribution in [3.63, 3.8) is 0 Å². The molecule has 1 saturated heterocycles. The molecule has 2 amide bonds. The van der Waals surface area contributed by atoms with E-state index in [4.69, 9.17) is 10.5 Å². The highest BCUT2D eigenvalue weighted by molar-refractivity contribution is 5.94. The number of hydrogen-bond acceptors (Lipinski definition) is 6. The monoisotopic (exact) mass is 559 g/mol. The van der Waals surface area contributed by atoms with Crippen molar-refractivity contribution in [1.29, 1.82) is 0 Å². The van der Waals surface area contributed by atoms with Gasteiger partial charge in [-0.05, 0) is 29.8 Å². The Hall–Kier alpha value is -4.19. The average molecular weight is 560 g/mol. The zero-order valence-electron chi connectivity index (χ0n) is 21.8. The van der Waals surface area contributed by atoms with Gasteiger partial charge in [-0.15, -0.1) is 0 Å². The zero-order chi connectivity index (χ0) is 28.9. The molecule has 40 heavy (non-hydrogen) atoms. The van der Waals surface area contributed by atoms with Crippen molar-refractivity contribution in [1.82, 2.24) is 20.1 Å².